The SMILES string of the molecule is CCN(c1ccc(C(C)C)c(OC(C)C)c1)c1ccc(/C=C/C(=O)O)cn1.CCN(c1ccc(C(C)C)c(OC(C)C)c1)c1ccc(C(=O)NO)cn1. The van der Waals surface area contributed by atoms with Crippen molar-refractivity contribution in [3.05, 3.63) is 101 Å². The maximum Gasteiger partial charge on any atom is 0.328 e. The van der Waals surface area contributed by atoms with Crippen LogP contribution in [0.5, 0.6) is 11.5 Å². The van der Waals surface area contributed by atoms with E-state index in [1.54, 1.807) is 23.8 Å². The molecule has 2 heterocycles. The minimum absolute atomic E-state index is 0.0900. The van der Waals surface area contributed by atoms with Crippen molar-refractivity contribution in [1.29, 1.82) is 0 Å². The number of carboxylic acid groups (broad SMARTS) is 1. The summed E-state index contributed by atoms with van der Waals surface area (Å²) in [4.78, 5) is 35.1. The van der Waals surface area contributed by atoms with Crippen molar-refractivity contribution >= 4 is 41.0 Å². The van der Waals surface area contributed by atoms with Gasteiger partial charge in [0.15, 0.2) is 0 Å². The van der Waals surface area contributed by atoms with Gasteiger partial charge in [-0.05, 0) is 113 Å². The summed E-state index contributed by atoms with van der Waals surface area (Å²) in [6, 6.07) is 19.6. The smallest absolute Gasteiger partial charge is 0.328 e. The van der Waals surface area contributed by atoms with Gasteiger partial charge in [-0.2, -0.15) is 0 Å². The fourth-order valence-corrected chi connectivity index (χ4v) is 5.57. The van der Waals surface area contributed by atoms with Crippen molar-refractivity contribution in [2.45, 2.75) is 93.3 Å². The summed E-state index contributed by atoms with van der Waals surface area (Å²) in [5.41, 5.74) is 6.99. The van der Waals surface area contributed by atoms with Crippen LogP contribution in [0, 0.1) is 0 Å². The van der Waals surface area contributed by atoms with Gasteiger partial charge in [0.25, 0.3) is 5.91 Å². The van der Waals surface area contributed by atoms with Crippen LogP contribution in [0.2, 0.25) is 0 Å². The maximum absolute atomic E-state index is 11.5. The highest BCUT2D eigenvalue weighted by atomic mass is 16.5. The molecule has 3 N–H and O–H groups in total. The van der Waals surface area contributed by atoms with Gasteiger partial charge >= 0.3 is 5.97 Å². The van der Waals surface area contributed by atoms with E-state index in [1.807, 2.05) is 57.7 Å². The molecule has 2 aromatic carbocycles. The summed E-state index contributed by atoms with van der Waals surface area (Å²) < 4.78 is 12.1. The Balaban J connectivity index is 0.000000286. The van der Waals surface area contributed by atoms with Crippen LogP contribution in [0.25, 0.3) is 6.08 Å². The number of pyridine rings is 2. The van der Waals surface area contributed by atoms with E-state index in [-0.39, 0.29) is 12.2 Å². The van der Waals surface area contributed by atoms with Gasteiger partial charge in [0.2, 0.25) is 0 Å². The van der Waals surface area contributed by atoms with Crippen LogP contribution in [0.1, 0.15) is 108 Å². The lowest BCUT2D eigenvalue weighted by molar-refractivity contribution is -0.131. The molecule has 0 unspecified atom stereocenters. The number of carbonyl (C=O) groups is 2. The molecule has 11 heteroatoms. The quantitative estimate of drug-likeness (QED) is 0.0617. The molecule has 2 aromatic heterocycles. The third-order valence-corrected chi connectivity index (χ3v) is 8.07. The van der Waals surface area contributed by atoms with Crippen molar-refractivity contribution in [1.82, 2.24) is 15.4 Å². The first-order valence-electron chi connectivity index (χ1n) is 18.1. The van der Waals surface area contributed by atoms with Gasteiger partial charge in [-0.25, -0.2) is 20.2 Å². The number of anilines is 4. The van der Waals surface area contributed by atoms with E-state index in [9.17, 15) is 9.59 Å². The second-order valence-corrected chi connectivity index (χ2v) is 13.5. The number of amides is 1. The normalized spacial score (nSPS) is 11.2. The number of hydroxylamine groups is 1. The van der Waals surface area contributed by atoms with E-state index in [0.29, 0.717) is 23.9 Å². The van der Waals surface area contributed by atoms with Gasteiger partial charge in [0, 0.05) is 55.1 Å². The van der Waals surface area contributed by atoms with E-state index in [4.69, 9.17) is 19.8 Å². The molecule has 4 aromatic rings. The standard InChI is InChI=1S/C22H28N2O3.C20H27N3O3/c1-6-24(21-11-7-17(14-23-21)8-12-22(25)26)18-9-10-19(15(2)3)20(13-18)27-16(4)5;1-6-23(19-10-7-15(12-21-19)20(24)22-25)16-8-9-17(13(2)3)18(11-16)26-14(4)5/h7-16H,6H2,1-5H3,(H,25,26);7-14,25H,6H2,1-5H3,(H,22,24)/b12-8+;. The van der Waals surface area contributed by atoms with Crippen LogP contribution < -0.4 is 24.8 Å². The number of hydrogen-bond acceptors (Lipinski definition) is 9. The lowest BCUT2D eigenvalue weighted by Gasteiger charge is -2.25. The Labute approximate surface area is 314 Å². The number of benzene rings is 2. The van der Waals surface area contributed by atoms with Gasteiger partial charge in [0.1, 0.15) is 23.1 Å². The molecule has 0 aliphatic heterocycles. The molecule has 284 valence electrons. The molecule has 0 saturated carbocycles. The fraction of sp³-hybridized carbons (Fsp3) is 0.381. The van der Waals surface area contributed by atoms with Crippen LogP contribution in [0.3, 0.4) is 0 Å². The van der Waals surface area contributed by atoms with Gasteiger partial charge in [-0.3, -0.25) is 10.0 Å². The monoisotopic (exact) mass is 725 g/mol. The molecule has 11 nitrogen and oxygen atoms in total. The summed E-state index contributed by atoms with van der Waals surface area (Å²) in [6.45, 7) is 22.3. The minimum Gasteiger partial charge on any atom is -0.491 e. The molecule has 0 aliphatic carbocycles. The molecular weight excluding hydrogens is 670 g/mol. The first-order chi connectivity index (χ1) is 25.2. The average Bonchev–Trinajstić information content (AvgIpc) is 3.11. The summed E-state index contributed by atoms with van der Waals surface area (Å²) in [5.74, 6) is 2.48. The summed E-state index contributed by atoms with van der Waals surface area (Å²) in [6.07, 6.45) is 5.94. The third kappa shape index (κ3) is 12.1. The Bertz CT molecular complexity index is 1800. The highest BCUT2D eigenvalue weighted by molar-refractivity contribution is 5.93. The van der Waals surface area contributed by atoms with E-state index >= 15 is 0 Å². The number of hydrogen-bond donors (Lipinski definition) is 3. The lowest BCUT2D eigenvalue weighted by atomic mass is 10.0. The minimum atomic E-state index is -0.975. The van der Waals surface area contributed by atoms with Crippen molar-refractivity contribution in [3.8, 4) is 11.5 Å². The molecule has 1 amide bonds. The number of carboxylic acids is 1. The number of nitrogens with zero attached hydrogens (tertiary/aromatic N) is 4. The average molecular weight is 726 g/mol. The lowest BCUT2D eigenvalue weighted by Crippen LogP contribution is -2.20. The molecular formula is C42H55N5O6. The van der Waals surface area contributed by atoms with E-state index in [2.05, 4.69) is 79.8 Å². The van der Waals surface area contributed by atoms with Crippen LogP contribution in [-0.2, 0) is 4.79 Å². The van der Waals surface area contributed by atoms with Gasteiger partial charge in [0.05, 0.1) is 17.8 Å². The highest BCUT2D eigenvalue weighted by Crippen LogP contribution is 2.35. The molecule has 0 atom stereocenters. The predicted octanol–water partition coefficient (Wildman–Crippen LogP) is 9.52. The first-order valence-corrected chi connectivity index (χ1v) is 18.1. The number of carbonyl (C=O) groups excluding carboxylic acids is 1. The van der Waals surface area contributed by atoms with Crippen LogP contribution >= 0.6 is 0 Å². The van der Waals surface area contributed by atoms with Gasteiger partial charge < -0.3 is 24.4 Å². The van der Waals surface area contributed by atoms with Gasteiger partial charge in [-0.1, -0.05) is 39.8 Å². The van der Waals surface area contributed by atoms with Crippen LogP contribution in [-0.4, -0.2) is 57.5 Å². The molecule has 0 bridgehead atoms. The van der Waals surface area contributed by atoms with Crippen molar-refractivity contribution in [3.63, 3.8) is 0 Å². The Kier molecular flexibility index (Phi) is 15.8. The van der Waals surface area contributed by atoms with Crippen molar-refractivity contribution in [2.24, 2.45) is 0 Å². The first kappa shape index (κ1) is 42.0. The molecule has 0 radical (unpaired) electrons. The second-order valence-electron chi connectivity index (χ2n) is 13.5. The van der Waals surface area contributed by atoms with E-state index < -0.39 is 11.9 Å². The fourth-order valence-electron chi connectivity index (χ4n) is 5.57. The van der Waals surface area contributed by atoms with E-state index in [0.717, 1.165) is 52.7 Å². The zero-order valence-electron chi connectivity index (χ0n) is 32.6. The largest absolute Gasteiger partial charge is 0.491 e. The van der Waals surface area contributed by atoms with Crippen molar-refractivity contribution in [2.75, 3.05) is 22.9 Å². The molecule has 0 saturated heterocycles. The number of aromatic nitrogens is 2. The third-order valence-electron chi connectivity index (χ3n) is 8.07. The molecule has 0 fully saturated rings. The topological polar surface area (TPSA) is 137 Å². The Morgan fingerprint density at radius 3 is 1.53 bits per heavy atom. The maximum atomic E-state index is 11.5. The van der Waals surface area contributed by atoms with Crippen molar-refractivity contribution < 1.29 is 29.4 Å². The zero-order chi connectivity index (χ0) is 39.2. The summed E-state index contributed by atoms with van der Waals surface area (Å²) in [5, 5.41) is 17.4. The van der Waals surface area contributed by atoms with Crippen LogP contribution in [0.4, 0.5) is 23.0 Å². The molecule has 4 rings (SSSR count). The zero-order valence-corrected chi connectivity index (χ0v) is 32.6. The molecule has 0 spiro atoms. The predicted molar refractivity (Wildman–Crippen MR) is 212 cm³/mol. The Morgan fingerprint density at radius 1 is 0.717 bits per heavy atom. The number of aliphatic carboxylic acids is 1. The number of ether oxygens (including phenoxy) is 2. The number of nitrogens with one attached hydrogen (secondary N) is 1. The van der Waals surface area contributed by atoms with Gasteiger partial charge in [-0.15, -0.1) is 0 Å². The van der Waals surface area contributed by atoms with Crippen LogP contribution in [0.15, 0.2) is 79.1 Å². The molecule has 53 heavy (non-hydrogen) atoms. The molecule has 0 aliphatic rings. The summed E-state index contributed by atoms with van der Waals surface area (Å²) in [7, 11) is 0. The Morgan fingerprint density at radius 2 is 1.19 bits per heavy atom. The van der Waals surface area contributed by atoms with E-state index in [1.165, 1.54) is 23.4 Å². The summed E-state index contributed by atoms with van der Waals surface area (Å²) >= 11 is 0. The second kappa shape index (κ2) is 20.0. The highest BCUT2D eigenvalue weighted by Gasteiger charge is 2.17. The Hall–Kier alpha value is -5.42. The number of rotatable bonds is 15.